The van der Waals surface area contributed by atoms with E-state index >= 15 is 0 Å². The highest BCUT2D eigenvalue weighted by molar-refractivity contribution is 5.53. The molecule has 0 spiro atoms. The molecule has 0 heterocycles. The van der Waals surface area contributed by atoms with Gasteiger partial charge in [0.2, 0.25) is 0 Å². The number of phenolic OH excluding ortho intramolecular Hbond substituents is 1. The lowest BCUT2D eigenvalue weighted by Crippen LogP contribution is -2.19. The molecule has 82 valence electrons. The average Bonchev–Trinajstić information content (AvgIpc) is 2.97. The topological polar surface area (TPSA) is 64.7 Å². The van der Waals surface area contributed by atoms with Gasteiger partial charge in [0.25, 0.3) is 0 Å². The van der Waals surface area contributed by atoms with Crippen LogP contribution in [0.25, 0.3) is 0 Å². The lowest BCUT2D eigenvalue weighted by Gasteiger charge is -2.16. The van der Waals surface area contributed by atoms with E-state index in [1.54, 1.807) is 19.2 Å². The van der Waals surface area contributed by atoms with E-state index in [9.17, 15) is 5.11 Å². The molecule has 0 aliphatic heterocycles. The smallest absolute Gasteiger partial charge is 0.164 e. The Morgan fingerprint density at radius 2 is 1.80 bits per heavy atom. The molecule has 0 bridgehead atoms. The number of hydrogen-bond donors (Lipinski definition) is 2. The van der Waals surface area contributed by atoms with E-state index in [0.29, 0.717) is 11.5 Å². The van der Waals surface area contributed by atoms with Crippen LogP contribution in [0.1, 0.15) is 18.4 Å². The Morgan fingerprint density at radius 1 is 1.20 bits per heavy atom. The summed E-state index contributed by atoms with van der Waals surface area (Å²) in [5.74, 6) is 1.18. The molecule has 1 saturated carbocycles. The summed E-state index contributed by atoms with van der Waals surface area (Å²) in [5.41, 5.74) is 6.60. The van der Waals surface area contributed by atoms with Gasteiger partial charge >= 0.3 is 0 Å². The molecular formula is C11H15NO3. The highest BCUT2D eigenvalue weighted by atomic mass is 16.5. The summed E-state index contributed by atoms with van der Waals surface area (Å²) in [6.45, 7) is 0. The first-order chi connectivity index (χ1) is 7.10. The summed E-state index contributed by atoms with van der Waals surface area (Å²) in [5, 5.41) is 9.67. The molecule has 0 atom stereocenters. The number of aromatic hydroxyl groups is 1. The first kappa shape index (κ1) is 10.1. The fourth-order valence-electron chi connectivity index (χ4n) is 1.68. The molecule has 1 aliphatic rings. The number of rotatable bonds is 3. The van der Waals surface area contributed by atoms with Crippen LogP contribution < -0.4 is 15.2 Å². The number of methoxy groups -OCH3 is 2. The van der Waals surface area contributed by atoms with Crippen LogP contribution >= 0.6 is 0 Å². The molecule has 0 unspecified atom stereocenters. The number of phenols is 1. The second-order valence-electron chi connectivity index (χ2n) is 3.88. The molecule has 2 rings (SSSR count). The van der Waals surface area contributed by atoms with E-state index in [1.165, 1.54) is 7.11 Å². The van der Waals surface area contributed by atoms with Gasteiger partial charge in [-0.3, -0.25) is 0 Å². The molecule has 4 heteroatoms. The molecule has 1 aromatic carbocycles. The second kappa shape index (κ2) is 3.31. The third kappa shape index (κ3) is 1.61. The summed E-state index contributed by atoms with van der Waals surface area (Å²) in [6, 6.07) is 3.29. The van der Waals surface area contributed by atoms with Crippen molar-refractivity contribution in [3.8, 4) is 17.2 Å². The molecule has 0 amide bonds. The van der Waals surface area contributed by atoms with Gasteiger partial charge in [-0.1, -0.05) is 0 Å². The normalized spacial score (nSPS) is 17.3. The lowest BCUT2D eigenvalue weighted by atomic mass is 10.0. The van der Waals surface area contributed by atoms with E-state index < -0.39 is 0 Å². The maximum absolute atomic E-state index is 9.67. The van der Waals surface area contributed by atoms with Gasteiger partial charge in [0, 0.05) is 17.2 Å². The first-order valence-electron chi connectivity index (χ1n) is 4.85. The van der Waals surface area contributed by atoms with Crippen LogP contribution in [0, 0.1) is 0 Å². The lowest BCUT2D eigenvalue weighted by molar-refractivity contribution is 0.360. The predicted octanol–water partition coefficient (Wildman–Crippen LogP) is 1.36. The van der Waals surface area contributed by atoms with Gasteiger partial charge in [-0.15, -0.1) is 0 Å². The van der Waals surface area contributed by atoms with Crippen LogP contribution in [0.5, 0.6) is 17.2 Å². The summed E-state index contributed by atoms with van der Waals surface area (Å²) < 4.78 is 10.2. The van der Waals surface area contributed by atoms with Crippen molar-refractivity contribution in [2.75, 3.05) is 14.2 Å². The molecule has 0 aromatic heterocycles. The quantitative estimate of drug-likeness (QED) is 0.788. The number of hydrogen-bond acceptors (Lipinski definition) is 4. The second-order valence-corrected chi connectivity index (χ2v) is 3.88. The van der Waals surface area contributed by atoms with Crippen LogP contribution in [0.15, 0.2) is 12.1 Å². The monoisotopic (exact) mass is 209 g/mol. The highest BCUT2D eigenvalue weighted by Gasteiger charge is 2.42. The molecule has 1 fully saturated rings. The Labute approximate surface area is 88.6 Å². The Balaban J connectivity index is 2.50. The SMILES string of the molecule is COc1cc(OC)c(C2(N)CC2)cc1O. The molecule has 15 heavy (non-hydrogen) atoms. The number of ether oxygens (including phenoxy) is 2. The Morgan fingerprint density at radius 3 is 2.27 bits per heavy atom. The summed E-state index contributed by atoms with van der Waals surface area (Å²) in [7, 11) is 3.09. The van der Waals surface area contributed by atoms with Crippen LogP contribution in [-0.2, 0) is 5.54 Å². The van der Waals surface area contributed by atoms with Crippen molar-refractivity contribution in [3.63, 3.8) is 0 Å². The largest absolute Gasteiger partial charge is 0.504 e. The number of nitrogens with two attached hydrogens (primary N) is 1. The van der Waals surface area contributed by atoms with Crippen LogP contribution in [0.2, 0.25) is 0 Å². The zero-order chi connectivity index (χ0) is 11.1. The van der Waals surface area contributed by atoms with E-state index in [2.05, 4.69) is 0 Å². The number of benzene rings is 1. The van der Waals surface area contributed by atoms with E-state index in [0.717, 1.165) is 18.4 Å². The molecule has 4 nitrogen and oxygen atoms in total. The standard InChI is InChI=1S/C11H15NO3/c1-14-9-6-10(15-2)8(13)5-7(9)11(12)3-4-11/h5-6,13H,3-4,12H2,1-2H3. The van der Waals surface area contributed by atoms with Crippen molar-refractivity contribution in [1.82, 2.24) is 0 Å². The van der Waals surface area contributed by atoms with Gasteiger partial charge in [0.1, 0.15) is 5.75 Å². The summed E-state index contributed by atoms with van der Waals surface area (Å²) >= 11 is 0. The Hall–Kier alpha value is -1.42. The predicted molar refractivity (Wildman–Crippen MR) is 56.3 cm³/mol. The Bertz CT molecular complexity index is 386. The third-order valence-corrected chi connectivity index (χ3v) is 2.83. The van der Waals surface area contributed by atoms with Crippen molar-refractivity contribution in [2.45, 2.75) is 18.4 Å². The van der Waals surface area contributed by atoms with Gasteiger partial charge in [0.05, 0.1) is 14.2 Å². The van der Waals surface area contributed by atoms with E-state index in [4.69, 9.17) is 15.2 Å². The summed E-state index contributed by atoms with van der Waals surface area (Å²) in [6.07, 6.45) is 1.85. The van der Waals surface area contributed by atoms with Gasteiger partial charge in [0.15, 0.2) is 11.5 Å². The zero-order valence-corrected chi connectivity index (χ0v) is 8.91. The molecular weight excluding hydrogens is 194 g/mol. The van der Waals surface area contributed by atoms with Crippen LogP contribution in [0.4, 0.5) is 0 Å². The maximum Gasteiger partial charge on any atom is 0.164 e. The van der Waals surface area contributed by atoms with E-state index in [-0.39, 0.29) is 11.3 Å². The molecule has 0 radical (unpaired) electrons. The Kier molecular flexibility index (Phi) is 2.23. The van der Waals surface area contributed by atoms with Crippen molar-refractivity contribution in [2.24, 2.45) is 5.73 Å². The van der Waals surface area contributed by atoms with Crippen LogP contribution in [0.3, 0.4) is 0 Å². The molecule has 3 N–H and O–H groups in total. The van der Waals surface area contributed by atoms with Crippen LogP contribution in [-0.4, -0.2) is 19.3 Å². The third-order valence-electron chi connectivity index (χ3n) is 2.83. The van der Waals surface area contributed by atoms with Crippen molar-refractivity contribution >= 4 is 0 Å². The maximum atomic E-state index is 9.67. The first-order valence-corrected chi connectivity index (χ1v) is 4.85. The van der Waals surface area contributed by atoms with Gasteiger partial charge in [-0.25, -0.2) is 0 Å². The van der Waals surface area contributed by atoms with E-state index in [1.807, 2.05) is 0 Å². The molecule has 0 saturated heterocycles. The van der Waals surface area contributed by atoms with Crippen molar-refractivity contribution in [1.29, 1.82) is 0 Å². The highest BCUT2D eigenvalue weighted by Crippen LogP contribution is 2.49. The summed E-state index contributed by atoms with van der Waals surface area (Å²) in [4.78, 5) is 0. The minimum atomic E-state index is -0.324. The molecule has 1 aromatic rings. The van der Waals surface area contributed by atoms with Gasteiger partial charge < -0.3 is 20.3 Å². The molecule has 1 aliphatic carbocycles. The zero-order valence-electron chi connectivity index (χ0n) is 8.91. The van der Waals surface area contributed by atoms with Crippen molar-refractivity contribution in [3.05, 3.63) is 17.7 Å². The fraction of sp³-hybridized carbons (Fsp3) is 0.455. The fourth-order valence-corrected chi connectivity index (χ4v) is 1.68. The minimum Gasteiger partial charge on any atom is -0.504 e. The minimum absolute atomic E-state index is 0.102. The average molecular weight is 209 g/mol. The van der Waals surface area contributed by atoms with Gasteiger partial charge in [-0.2, -0.15) is 0 Å². The van der Waals surface area contributed by atoms with Gasteiger partial charge in [-0.05, 0) is 18.9 Å². The van der Waals surface area contributed by atoms with Crippen molar-refractivity contribution < 1.29 is 14.6 Å².